The Bertz CT molecular complexity index is 1010. The third-order valence-electron chi connectivity index (χ3n) is 4.65. The molecule has 1 aliphatic heterocycles. The van der Waals surface area contributed by atoms with E-state index >= 15 is 0 Å². The summed E-state index contributed by atoms with van der Waals surface area (Å²) in [6.07, 6.45) is 0. The van der Waals surface area contributed by atoms with Crippen molar-refractivity contribution in [1.29, 1.82) is 0 Å². The summed E-state index contributed by atoms with van der Waals surface area (Å²) in [6.45, 7) is 3.20. The number of nitrogens with two attached hydrogens (primary N) is 1. The predicted molar refractivity (Wildman–Crippen MR) is 99.2 cm³/mol. The van der Waals surface area contributed by atoms with Gasteiger partial charge in [-0.25, -0.2) is 4.79 Å². The zero-order chi connectivity index (χ0) is 19.7. The number of carbonyl (C=O) groups excluding carboxylic acids is 1. The zero-order valence-corrected chi connectivity index (χ0v) is 15.5. The number of hydrogen-bond acceptors (Lipinski definition) is 7. The van der Waals surface area contributed by atoms with Gasteiger partial charge in [0.2, 0.25) is 6.79 Å². The lowest BCUT2D eigenvalue weighted by Gasteiger charge is -2.20. The van der Waals surface area contributed by atoms with Gasteiger partial charge in [-0.05, 0) is 24.2 Å². The van der Waals surface area contributed by atoms with E-state index in [4.69, 9.17) is 15.2 Å². The number of Topliss-reactive ketones (excluding diaryl/α,β-unsaturated/α-hetero) is 1. The molecule has 0 unspecified atom stereocenters. The van der Waals surface area contributed by atoms with Gasteiger partial charge in [0.05, 0.1) is 6.54 Å². The van der Waals surface area contributed by atoms with Crippen LogP contribution in [0.1, 0.15) is 22.8 Å². The third-order valence-corrected chi connectivity index (χ3v) is 4.65. The van der Waals surface area contributed by atoms with Crippen molar-refractivity contribution >= 4 is 11.6 Å². The average molecular weight is 374 g/mol. The van der Waals surface area contributed by atoms with Crippen LogP contribution in [0, 0.1) is 0 Å². The van der Waals surface area contributed by atoms with Gasteiger partial charge in [-0.15, -0.1) is 0 Å². The SMILES string of the molecule is CCN(CC(=O)c1c(N)n(C)c(=O)n(C)c1=O)Cc1ccc2c(c1)OCO2. The summed E-state index contributed by atoms with van der Waals surface area (Å²) in [5, 5.41) is 0. The molecule has 0 spiro atoms. The molecule has 0 aliphatic carbocycles. The fourth-order valence-electron chi connectivity index (χ4n) is 2.98. The quantitative estimate of drug-likeness (QED) is 0.714. The van der Waals surface area contributed by atoms with E-state index in [0.717, 1.165) is 14.7 Å². The highest BCUT2D eigenvalue weighted by Gasteiger charge is 2.22. The first kappa shape index (κ1) is 18.7. The second-order valence-electron chi connectivity index (χ2n) is 6.38. The van der Waals surface area contributed by atoms with Crippen molar-refractivity contribution in [3.05, 3.63) is 50.2 Å². The van der Waals surface area contributed by atoms with Crippen LogP contribution in [0.5, 0.6) is 11.5 Å². The fraction of sp³-hybridized carbons (Fsp3) is 0.389. The monoisotopic (exact) mass is 374 g/mol. The van der Waals surface area contributed by atoms with E-state index < -0.39 is 17.0 Å². The van der Waals surface area contributed by atoms with Gasteiger partial charge in [-0.1, -0.05) is 13.0 Å². The predicted octanol–water partition coefficient (Wildman–Crippen LogP) is 0.0997. The molecule has 2 aromatic rings. The van der Waals surface area contributed by atoms with E-state index in [1.165, 1.54) is 14.1 Å². The largest absolute Gasteiger partial charge is 0.454 e. The van der Waals surface area contributed by atoms with Crippen molar-refractivity contribution in [1.82, 2.24) is 14.0 Å². The van der Waals surface area contributed by atoms with E-state index in [-0.39, 0.29) is 24.7 Å². The lowest BCUT2D eigenvalue weighted by molar-refractivity contribution is 0.0927. The number of anilines is 1. The first-order chi connectivity index (χ1) is 12.8. The Morgan fingerprint density at radius 3 is 2.59 bits per heavy atom. The number of ether oxygens (including phenoxy) is 2. The lowest BCUT2D eigenvalue weighted by Crippen LogP contribution is -2.43. The number of hydrogen-bond donors (Lipinski definition) is 1. The maximum atomic E-state index is 12.8. The second kappa shape index (κ2) is 7.28. The van der Waals surface area contributed by atoms with Crippen molar-refractivity contribution in [3.8, 4) is 11.5 Å². The van der Waals surface area contributed by atoms with Gasteiger partial charge < -0.3 is 15.2 Å². The molecular formula is C18H22N4O5. The maximum absolute atomic E-state index is 12.8. The Morgan fingerprint density at radius 2 is 1.89 bits per heavy atom. The standard InChI is InChI=1S/C18H22N4O5/c1-4-22(8-11-5-6-13-14(7-11)27-10-26-13)9-12(23)15-16(19)20(2)18(25)21(3)17(15)24/h5-7H,4,8-10,19H2,1-3H3. The summed E-state index contributed by atoms with van der Waals surface area (Å²) in [5.74, 6) is 0.823. The van der Waals surface area contributed by atoms with Crippen LogP contribution < -0.4 is 26.5 Å². The second-order valence-corrected chi connectivity index (χ2v) is 6.38. The smallest absolute Gasteiger partial charge is 0.332 e. The molecule has 9 nitrogen and oxygen atoms in total. The molecule has 0 amide bonds. The van der Waals surface area contributed by atoms with Crippen LogP contribution in [0.3, 0.4) is 0 Å². The maximum Gasteiger partial charge on any atom is 0.332 e. The van der Waals surface area contributed by atoms with Crippen molar-refractivity contribution < 1.29 is 14.3 Å². The molecule has 27 heavy (non-hydrogen) atoms. The summed E-state index contributed by atoms with van der Waals surface area (Å²) in [4.78, 5) is 38.9. The molecule has 2 heterocycles. The molecule has 0 radical (unpaired) electrons. The first-order valence-corrected chi connectivity index (χ1v) is 8.53. The zero-order valence-electron chi connectivity index (χ0n) is 15.5. The molecule has 0 atom stereocenters. The molecule has 144 valence electrons. The molecule has 9 heteroatoms. The average Bonchev–Trinajstić information content (AvgIpc) is 3.12. The van der Waals surface area contributed by atoms with Crippen molar-refractivity contribution in [2.75, 3.05) is 25.6 Å². The van der Waals surface area contributed by atoms with Crippen LogP contribution in [0.2, 0.25) is 0 Å². The molecule has 2 N–H and O–H groups in total. The van der Waals surface area contributed by atoms with Crippen molar-refractivity contribution in [2.45, 2.75) is 13.5 Å². The Kier molecular flexibility index (Phi) is 5.04. The van der Waals surface area contributed by atoms with E-state index in [1.54, 1.807) is 0 Å². The number of fused-ring (bicyclic) bond motifs is 1. The number of nitrogens with zero attached hydrogens (tertiary/aromatic N) is 3. The normalized spacial score (nSPS) is 12.6. The van der Waals surface area contributed by atoms with Crippen LogP contribution in [-0.4, -0.2) is 39.7 Å². The van der Waals surface area contributed by atoms with Crippen molar-refractivity contribution in [2.24, 2.45) is 14.1 Å². The van der Waals surface area contributed by atoms with Gasteiger partial charge in [0.1, 0.15) is 11.4 Å². The number of benzene rings is 1. The summed E-state index contributed by atoms with van der Waals surface area (Å²) in [7, 11) is 2.75. The fourth-order valence-corrected chi connectivity index (χ4v) is 2.98. The minimum Gasteiger partial charge on any atom is -0.454 e. The third kappa shape index (κ3) is 3.45. The minimum absolute atomic E-state index is 0.00257. The van der Waals surface area contributed by atoms with E-state index in [9.17, 15) is 14.4 Å². The van der Waals surface area contributed by atoms with Crippen LogP contribution in [0.15, 0.2) is 27.8 Å². The van der Waals surface area contributed by atoms with Gasteiger partial charge in [-0.3, -0.25) is 23.6 Å². The molecule has 1 aromatic heterocycles. The van der Waals surface area contributed by atoms with Crippen LogP contribution in [0.25, 0.3) is 0 Å². The Balaban J connectivity index is 1.82. The van der Waals surface area contributed by atoms with E-state index in [2.05, 4.69) is 0 Å². The molecule has 0 saturated carbocycles. The van der Waals surface area contributed by atoms with Gasteiger partial charge in [0.15, 0.2) is 17.3 Å². The molecule has 1 aliphatic rings. The van der Waals surface area contributed by atoms with Gasteiger partial charge in [0, 0.05) is 20.6 Å². The highest BCUT2D eigenvalue weighted by molar-refractivity contribution is 6.01. The highest BCUT2D eigenvalue weighted by atomic mass is 16.7. The lowest BCUT2D eigenvalue weighted by atomic mass is 10.1. The summed E-state index contributed by atoms with van der Waals surface area (Å²) in [5.41, 5.74) is 5.41. The van der Waals surface area contributed by atoms with Crippen molar-refractivity contribution in [3.63, 3.8) is 0 Å². The number of ketones is 1. The number of nitrogen functional groups attached to an aromatic ring is 1. The summed E-state index contributed by atoms with van der Waals surface area (Å²) >= 11 is 0. The molecular weight excluding hydrogens is 352 g/mol. The highest BCUT2D eigenvalue weighted by Crippen LogP contribution is 2.32. The molecule has 1 aromatic carbocycles. The van der Waals surface area contributed by atoms with Gasteiger partial charge in [0.25, 0.3) is 5.56 Å². The number of carbonyl (C=O) groups is 1. The Hall–Kier alpha value is -3.07. The first-order valence-electron chi connectivity index (χ1n) is 8.53. The van der Waals surface area contributed by atoms with E-state index in [0.29, 0.717) is 24.6 Å². The van der Waals surface area contributed by atoms with E-state index in [1.807, 2.05) is 30.0 Å². The molecule has 3 rings (SSSR count). The van der Waals surface area contributed by atoms with Gasteiger partial charge in [-0.2, -0.15) is 0 Å². The van der Waals surface area contributed by atoms with Gasteiger partial charge >= 0.3 is 5.69 Å². The minimum atomic E-state index is -0.681. The van der Waals surface area contributed by atoms with Crippen LogP contribution >= 0.6 is 0 Å². The van der Waals surface area contributed by atoms with Crippen LogP contribution in [0.4, 0.5) is 5.82 Å². The Morgan fingerprint density at radius 1 is 1.19 bits per heavy atom. The molecule has 0 fully saturated rings. The summed E-state index contributed by atoms with van der Waals surface area (Å²) in [6, 6.07) is 5.60. The molecule has 0 saturated heterocycles. The molecule has 0 bridgehead atoms. The number of rotatable bonds is 6. The Labute approximate surface area is 155 Å². The van der Waals surface area contributed by atoms with Crippen LogP contribution in [-0.2, 0) is 20.6 Å². The number of aromatic nitrogens is 2. The summed E-state index contributed by atoms with van der Waals surface area (Å²) < 4.78 is 12.7. The number of likely N-dealkylation sites (N-methyl/N-ethyl adjacent to an activating group) is 1. The topological polar surface area (TPSA) is 109 Å².